The van der Waals surface area contributed by atoms with Crippen molar-refractivity contribution in [1.29, 1.82) is 0 Å². The molecule has 4 atom stereocenters. The Morgan fingerprint density at radius 2 is 1.42 bits per heavy atom. The maximum atomic E-state index is 10.1. The lowest BCUT2D eigenvalue weighted by atomic mass is 9.63. The lowest BCUT2D eigenvalue weighted by Gasteiger charge is -2.41. The van der Waals surface area contributed by atoms with Gasteiger partial charge in [0, 0.05) is 44.8 Å². The SMILES string of the molecule is [2H]C1=C([2H])C(N(C2=CC3C(C=C2)c2ccccc2C3(c2ccccc2)c2ccccc2)c2ccc3sc4ccccc4c3c2)C([2H])C([2H])=C1c1cc2c(c3c1C=CCC3)CCC=C2. The standard InChI is InChI=1S/C57H45NS/c1-3-16-40(17-4-1)57(41-18-5-2-6-19-41)53-25-13-11-23-48(53)49-33-31-44(37-54(49)57)58(43-32-34-56-52(36-43)50-24-12-14-26-55(50)59-56)42-29-27-38(28-30-42)51-35-39-15-7-8-20-45(39)46-21-9-10-22-47(46)51/h1-7,10-19,22-29,31-37,42,49,54H,8-9,20-21,30H2/i27D,28D,29D,30D. The first-order valence-corrected chi connectivity index (χ1v) is 21.9. The molecule has 5 aliphatic carbocycles. The molecule has 59 heavy (non-hydrogen) atoms. The van der Waals surface area contributed by atoms with Crippen molar-refractivity contribution in [1.82, 2.24) is 0 Å². The molecule has 7 aromatic rings. The van der Waals surface area contributed by atoms with Gasteiger partial charge in [0.05, 0.1) is 15.6 Å². The van der Waals surface area contributed by atoms with Crippen LogP contribution >= 0.6 is 11.3 Å². The number of benzene rings is 6. The second-order valence-corrected chi connectivity index (χ2v) is 17.5. The third-order valence-electron chi connectivity index (χ3n) is 13.4. The fraction of sp³-hybridized carbons (Fsp3) is 0.158. The molecule has 0 amide bonds. The monoisotopic (exact) mass is 779 g/mol. The van der Waals surface area contributed by atoms with Crippen LogP contribution in [0.2, 0.25) is 0 Å². The molecule has 0 radical (unpaired) electrons. The molecule has 5 aliphatic rings. The lowest BCUT2D eigenvalue weighted by molar-refractivity contribution is 0.452. The molecule has 0 aliphatic heterocycles. The summed E-state index contributed by atoms with van der Waals surface area (Å²) in [5, 5.41) is 2.29. The Hall–Kier alpha value is -6.22. The zero-order valence-corrected chi connectivity index (χ0v) is 33.6. The summed E-state index contributed by atoms with van der Waals surface area (Å²) in [5.74, 6) is 0.0136. The summed E-state index contributed by atoms with van der Waals surface area (Å²) in [6.45, 7) is 0. The number of thiophene rings is 1. The lowest BCUT2D eigenvalue weighted by Crippen LogP contribution is -2.38. The minimum atomic E-state index is -1.15. The Bertz CT molecular complexity index is 3160. The maximum absolute atomic E-state index is 10.1. The minimum Gasteiger partial charge on any atom is -0.334 e. The van der Waals surface area contributed by atoms with Crippen LogP contribution in [-0.2, 0) is 18.3 Å². The van der Waals surface area contributed by atoms with E-state index in [0.29, 0.717) is 5.57 Å². The number of fused-ring (bicyclic) bond motifs is 9. The van der Waals surface area contributed by atoms with Gasteiger partial charge in [-0.05, 0) is 124 Å². The number of hydrogen-bond donors (Lipinski definition) is 0. The van der Waals surface area contributed by atoms with Gasteiger partial charge in [-0.15, -0.1) is 11.3 Å². The van der Waals surface area contributed by atoms with E-state index in [2.05, 4.69) is 181 Å². The van der Waals surface area contributed by atoms with Crippen molar-refractivity contribution >= 4 is 54.9 Å². The third-order valence-corrected chi connectivity index (χ3v) is 14.6. The first-order chi connectivity index (χ1) is 30.9. The van der Waals surface area contributed by atoms with E-state index in [1.165, 1.54) is 48.2 Å². The van der Waals surface area contributed by atoms with Gasteiger partial charge in [0.1, 0.15) is 0 Å². The number of rotatable bonds is 6. The molecular weight excluding hydrogens is 731 g/mol. The van der Waals surface area contributed by atoms with Crippen LogP contribution in [-0.4, -0.2) is 6.04 Å². The van der Waals surface area contributed by atoms with Crippen LogP contribution in [0.5, 0.6) is 0 Å². The molecule has 1 heterocycles. The van der Waals surface area contributed by atoms with Crippen molar-refractivity contribution in [2.45, 2.75) is 49.5 Å². The quantitative estimate of drug-likeness (QED) is 0.162. The highest BCUT2D eigenvalue weighted by Gasteiger charge is 2.53. The summed E-state index contributed by atoms with van der Waals surface area (Å²) in [5.41, 5.74) is 12.2. The number of allylic oxidation sites excluding steroid dienone is 7. The van der Waals surface area contributed by atoms with Crippen LogP contribution in [0.1, 0.15) is 80.7 Å². The molecule has 284 valence electrons. The van der Waals surface area contributed by atoms with Crippen molar-refractivity contribution in [2.24, 2.45) is 5.92 Å². The smallest absolute Gasteiger partial charge is 0.0627 e. The summed E-state index contributed by atoms with van der Waals surface area (Å²) in [6, 6.07) is 47.0. The Labute approximate surface area is 357 Å². The number of hydrogen-bond acceptors (Lipinski definition) is 2. The van der Waals surface area contributed by atoms with Crippen molar-refractivity contribution in [3.8, 4) is 0 Å². The maximum Gasteiger partial charge on any atom is 0.0627 e. The van der Waals surface area contributed by atoms with Crippen LogP contribution in [0.25, 0.3) is 37.9 Å². The average molecular weight is 780 g/mol. The van der Waals surface area contributed by atoms with Gasteiger partial charge in [0.2, 0.25) is 0 Å². The first-order valence-electron chi connectivity index (χ1n) is 23.1. The van der Waals surface area contributed by atoms with Crippen molar-refractivity contribution < 1.29 is 5.48 Å². The zero-order valence-electron chi connectivity index (χ0n) is 36.7. The molecule has 0 spiro atoms. The van der Waals surface area contributed by atoms with Crippen LogP contribution in [0.3, 0.4) is 0 Å². The Kier molecular flexibility index (Phi) is 7.29. The van der Waals surface area contributed by atoms with Crippen LogP contribution in [0, 0.1) is 5.92 Å². The van der Waals surface area contributed by atoms with E-state index >= 15 is 0 Å². The molecule has 1 nitrogen and oxygen atoms in total. The fourth-order valence-corrected chi connectivity index (χ4v) is 12.0. The van der Waals surface area contributed by atoms with Gasteiger partial charge in [0.25, 0.3) is 0 Å². The van der Waals surface area contributed by atoms with E-state index < -0.39 is 17.9 Å². The van der Waals surface area contributed by atoms with E-state index in [0.717, 1.165) is 59.1 Å². The molecule has 6 aromatic carbocycles. The second-order valence-electron chi connectivity index (χ2n) is 16.4. The predicted molar refractivity (Wildman–Crippen MR) is 251 cm³/mol. The molecule has 0 saturated carbocycles. The molecule has 0 N–H and O–H groups in total. The predicted octanol–water partition coefficient (Wildman–Crippen LogP) is 14.4. The van der Waals surface area contributed by atoms with Gasteiger partial charge in [-0.3, -0.25) is 0 Å². The Morgan fingerprint density at radius 3 is 2.27 bits per heavy atom. The van der Waals surface area contributed by atoms with E-state index in [9.17, 15) is 5.48 Å². The molecular formula is C57H45NS. The third kappa shape index (κ3) is 5.43. The molecule has 4 unspecified atom stereocenters. The molecule has 0 fully saturated rings. The number of anilines is 1. The van der Waals surface area contributed by atoms with Crippen molar-refractivity contribution in [2.75, 3.05) is 4.90 Å². The highest BCUT2D eigenvalue weighted by Crippen LogP contribution is 2.60. The zero-order chi connectivity index (χ0) is 42.4. The topological polar surface area (TPSA) is 3.24 Å². The summed E-state index contributed by atoms with van der Waals surface area (Å²) in [4.78, 5) is 2.13. The second kappa shape index (κ2) is 14.0. The molecule has 1 aromatic heterocycles. The van der Waals surface area contributed by atoms with Crippen molar-refractivity contribution in [3.63, 3.8) is 0 Å². The normalized spacial score (nSPS) is 23.5. The van der Waals surface area contributed by atoms with Gasteiger partial charge < -0.3 is 4.90 Å². The molecule has 12 rings (SSSR count). The van der Waals surface area contributed by atoms with Gasteiger partial charge in [-0.25, -0.2) is 0 Å². The summed E-state index contributed by atoms with van der Waals surface area (Å²) >= 11 is 1.77. The summed E-state index contributed by atoms with van der Waals surface area (Å²) < 4.78 is 42.3. The van der Waals surface area contributed by atoms with Crippen LogP contribution in [0.4, 0.5) is 5.69 Å². The van der Waals surface area contributed by atoms with E-state index in [1.807, 2.05) is 0 Å². The number of nitrogens with zero attached hydrogens (tertiary/aromatic N) is 1. The largest absolute Gasteiger partial charge is 0.334 e. The van der Waals surface area contributed by atoms with Crippen LogP contribution in [0.15, 0.2) is 188 Å². The van der Waals surface area contributed by atoms with Gasteiger partial charge in [-0.2, -0.15) is 0 Å². The van der Waals surface area contributed by atoms with Gasteiger partial charge >= 0.3 is 0 Å². The van der Waals surface area contributed by atoms with Gasteiger partial charge in [0.15, 0.2) is 0 Å². The molecule has 2 heteroatoms. The fourth-order valence-electron chi connectivity index (χ4n) is 10.9. The van der Waals surface area contributed by atoms with E-state index in [1.54, 1.807) is 11.3 Å². The molecule has 0 bridgehead atoms. The van der Waals surface area contributed by atoms with E-state index in [-0.39, 0.29) is 30.0 Å². The first kappa shape index (κ1) is 30.8. The Morgan fingerprint density at radius 1 is 0.695 bits per heavy atom. The van der Waals surface area contributed by atoms with Crippen LogP contribution < -0.4 is 4.90 Å². The van der Waals surface area contributed by atoms with Gasteiger partial charge in [-0.1, -0.05) is 158 Å². The molecule has 0 saturated heterocycles. The van der Waals surface area contributed by atoms with E-state index in [4.69, 9.17) is 0 Å². The highest BCUT2D eigenvalue weighted by atomic mass is 32.1. The van der Waals surface area contributed by atoms with Crippen molar-refractivity contribution in [3.05, 3.63) is 238 Å². The highest BCUT2D eigenvalue weighted by molar-refractivity contribution is 7.25. The average Bonchev–Trinajstić information content (AvgIpc) is 3.86. The minimum absolute atomic E-state index is 0.0240. The summed E-state index contributed by atoms with van der Waals surface area (Å²) in [6.07, 6.45) is 18.4. The summed E-state index contributed by atoms with van der Waals surface area (Å²) in [7, 11) is 0. The Balaban J connectivity index is 1.08.